The van der Waals surface area contributed by atoms with Crippen molar-refractivity contribution < 1.29 is 39.6 Å². The Morgan fingerprint density at radius 2 is 0.767 bits per heavy atom. The number of hydrogen-bond acceptors (Lipinski definition) is 8. The van der Waals surface area contributed by atoms with Crippen LogP contribution in [0, 0.1) is 0 Å². The highest BCUT2D eigenvalue weighted by Gasteiger charge is 2.19. The summed E-state index contributed by atoms with van der Waals surface area (Å²) in [5.41, 5.74) is 0. The summed E-state index contributed by atoms with van der Waals surface area (Å²) in [7, 11) is 0. The molecule has 12 nitrogen and oxygen atoms in total. The second-order valence-electron chi connectivity index (χ2n) is 7.43. The van der Waals surface area contributed by atoms with Crippen molar-refractivity contribution in [2.75, 3.05) is 72.1 Å². The molecule has 0 radical (unpaired) electrons. The summed E-state index contributed by atoms with van der Waals surface area (Å²) >= 11 is 0. The van der Waals surface area contributed by atoms with E-state index in [9.17, 15) is 19.2 Å². The molecule has 1 aliphatic rings. The van der Waals surface area contributed by atoms with Gasteiger partial charge in [-0.1, -0.05) is 0 Å². The zero-order valence-corrected chi connectivity index (χ0v) is 17.1. The second kappa shape index (κ2) is 13.9. The van der Waals surface area contributed by atoms with Crippen LogP contribution in [0.3, 0.4) is 0 Å². The van der Waals surface area contributed by atoms with Crippen LogP contribution in [-0.2, 0) is 19.2 Å². The van der Waals surface area contributed by atoms with Crippen LogP contribution in [0.5, 0.6) is 0 Å². The van der Waals surface area contributed by atoms with E-state index in [-0.39, 0.29) is 32.8 Å². The zero-order valence-electron chi connectivity index (χ0n) is 17.1. The van der Waals surface area contributed by atoms with E-state index in [0.717, 1.165) is 0 Å². The molecule has 0 aliphatic carbocycles. The highest BCUT2D eigenvalue weighted by atomic mass is 16.4. The number of rotatable bonds is 8. The lowest BCUT2D eigenvalue weighted by Gasteiger charge is -2.31. The van der Waals surface area contributed by atoms with Gasteiger partial charge in [0.1, 0.15) is 0 Å². The van der Waals surface area contributed by atoms with Crippen LogP contribution in [0.15, 0.2) is 0 Å². The van der Waals surface area contributed by atoms with Gasteiger partial charge in [-0.25, -0.2) is 0 Å². The molecule has 0 aromatic heterocycles. The molecule has 172 valence electrons. The molecule has 1 fully saturated rings. The van der Waals surface area contributed by atoms with Gasteiger partial charge >= 0.3 is 23.9 Å². The van der Waals surface area contributed by atoms with Crippen molar-refractivity contribution in [2.24, 2.45) is 0 Å². The van der Waals surface area contributed by atoms with Gasteiger partial charge < -0.3 is 20.4 Å². The molecule has 0 unspecified atom stereocenters. The smallest absolute Gasteiger partial charge is 0.317 e. The van der Waals surface area contributed by atoms with E-state index in [1.807, 2.05) is 0 Å². The summed E-state index contributed by atoms with van der Waals surface area (Å²) in [6, 6.07) is 0. The number of hydrogen-bond donors (Lipinski definition) is 4. The molecule has 0 amide bonds. The van der Waals surface area contributed by atoms with Crippen LogP contribution in [0.25, 0.3) is 0 Å². The van der Waals surface area contributed by atoms with Gasteiger partial charge in [-0.05, 0) is 25.8 Å². The summed E-state index contributed by atoms with van der Waals surface area (Å²) in [5, 5.41) is 36.6. The van der Waals surface area contributed by atoms with Gasteiger partial charge in [0.25, 0.3) is 0 Å². The molecular weight excluding hydrogens is 400 g/mol. The second-order valence-corrected chi connectivity index (χ2v) is 7.43. The van der Waals surface area contributed by atoms with E-state index >= 15 is 0 Å². The molecule has 1 saturated heterocycles. The van der Waals surface area contributed by atoms with Crippen molar-refractivity contribution in [3.63, 3.8) is 0 Å². The SMILES string of the molecule is O=C(O)CN1CCCCN(CC(=O)O)CN(CC(=O)O)CCCN(CC(=O)O)CC1. The first-order valence-corrected chi connectivity index (χ1v) is 9.92. The highest BCUT2D eigenvalue weighted by Crippen LogP contribution is 2.05. The van der Waals surface area contributed by atoms with Crippen LogP contribution in [0.2, 0.25) is 0 Å². The molecule has 0 atom stereocenters. The molecule has 0 saturated carbocycles. The predicted molar refractivity (Wildman–Crippen MR) is 105 cm³/mol. The van der Waals surface area contributed by atoms with Gasteiger partial charge in [0.15, 0.2) is 0 Å². The number of carboxylic acids is 4. The Morgan fingerprint density at radius 3 is 1.17 bits per heavy atom. The van der Waals surface area contributed by atoms with Crippen molar-refractivity contribution in [3.05, 3.63) is 0 Å². The van der Waals surface area contributed by atoms with Crippen molar-refractivity contribution in [2.45, 2.75) is 19.3 Å². The van der Waals surface area contributed by atoms with Gasteiger partial charge in [0.05, 0.1) is 32.8 Å². The van der Waals surface area contributed by atoms with Gasteiger partial charge in [0, 0.05) is 32.7 Å². The standard InChI is InChI=1S/C18H32N4O8/c23-15(24)10-19-4-1-2-5-21(12-17(27)28)14-22(13-18(29)30)7-3-6-20(9-8-19)11-16(25)26/h1-14H2,(H,23,24)(H,25,26)(H,27,28)(H,29,30). The average Bonchev–Trinajstić information content (AvgIpc) is 2.59. The summed E-state index contributed by atoms with van der Waals surface area (Å²) in [4.78, 5) is 51.4. The van der Waals surface area contributed by atoms with Crippen LogP contribution >= 0.6 is 0 Å². The van der Waals surface area contributed by atoms with E-state index < -0.39 is 23.9 Å². The molecule has 4 N–H and O–H groups in total. The minimum absolute atomic E-state index is 0.147. The lowest BCUT2D eigenvalue weighted by atomic mass is 10.2. The first-order chi connectivity index (χ1) is 14.2. The van der Waals surface area contributed by atoms with E-state index in [4.69, 9.17) is 20.4 Å². The maximum atomic E-state index is 11.2. The number of carboxylic acid groups (broad SMARTS) is 4. The van der Waals surface area contributed by atoms with Crippen LogP contribution in [-0.4, -0.2) is 136 Å². The Balaban J connectivity index is 2.89. The van der Waals surface area contributed by atoms with Gasteiger partial charge in [-0.3, -0.25) is 38.8 Å². The Hall–Kier alpha value is -2.28. The molecule has 0 aromatic rings. The minimum Gasteiger partial charge on any atom is -0.480 e. The lowest BCUT2D eigenvalue weighted by Crippen LogP contribution is -2.45. The number of nitrogens with zero attached hydrogens (tertiary/aromatic N) is 4. The van der Waals surface area contributed by atoms with Crippen molar-refractivity contribution in [1.82, 2.24) is 19.6 Å². The molecule has 0 bridgehead atoms. The summed E-state index contributed by atoms with van der Waals surface area (Å²) < 4.78 is 0. The Labute approximate surface area is 175 Å². The Bertz CT molecular complexity index is 589. The molecule has 30 heavy (non-hydrogen) atoms. The molecule has 0 spiro atoms. The predicted octanol–water partition coefficient (Wildman–Crippen LogP) is -1.33. The van der Waals surface area contributed by atoms with E-state index in [0.29, 0.717) is 58.5 Å². The third-order valence-electron chi connectivity index (χ3n) is 4.72. The monoisotopic (exact) mass is 432 g/mol. The molecular formula is C18H32N4O8. The summed E-state index contributed by atoms with van der Waals surface area (Å²) in [6.45, 7) is 1.90. The molecule has 1 rings (SSSR count). The fourth-order valence-corrected chi connectivity index (χ4v) is 3.46. The first-order valence-electron chi connectivity index (χ1n) is 9.92. The molecule has 1 heterocycles. The molecule has 0 aromatic carbocycles. The summed E-state index contributed by atoms with van der Waals surface area (Å²) in [5.74, 6) is -3.97. The van der Waals surface area contributed by atoms with Crippen LogP contribution < -0.4 is 0 Å². The van der Waals surface area contributed by atoms with Crippen molar-refractivity contribution in [1.29, 1.82) is 0 Å². The number of carbonyl (C=O) groups is 4. The summed E-state index contributed by atoms with van der Waals surface area (Å²) in [6.07, 6.45) is 1.77. The maximum absolute atomic E-state index is 11.2. The maximum Gasteiger partial charge on any atom is 0.317 e. The van der Waals surface area contributed by atoms with E-state index in [1.54, 1.807) is 19.6 Å². The number of aliphatic carboxylic acids is 4. The fraction of sp³-hybridized carbons (Fsp3) is 0.778. The first kappa shape index (κ1) is 25.8. The van der Waals surface area contributed by atoms with E-state index in [1.165, 1.54) is 0 Å². The largest absolute Gasteiger partial charge is 0.480 e. The zero-order chi connectivity index (χ0) is 22.5. The minimum atomic E-state index is -1.02. The van der Waals surface area contributed by atoms with Gasteiger partial charge in [-0.15, -0.1) is 0 Å². The van der Waals surface area contributed by atoms with Gasteiger partial charge in [-0.2, -0.15) is 0 Å². The quantitative estimate of drug-likeness (QED) is 0.358. The van der Waals surface area contributed by atoms with Crippen LogP contribution in [0.1, 0.15) is 19.3 Å². The Morgan fingerprint density at radius 1 is 0.467 bits per heavy atom. The fourth-order valence-electron chi connectivity index (χ4n) is 3.46. The van der Waals surface area contributed by atoms with Crippen LogP contribution in [0.4, 0.5) is 0 Å². The highest BCUT2D eigenvalue weighted by molar-refractivity contribution is 5.70. The average molecular weight is 432 g/mol. The lowest BCUT2D eigenvalue weighted by molar-refractivity contribution is -0.141. The topological polar surface area (TPSA) is 162 Å². The van der Waals surface area contributed by atoms with Gasteiger partial charge in [0.2, 0.25) is 0 Å². The van der Waals surface area contributed by atoms with Crippen molar-refractivity contribution >= 4 is 23.9 Å². The molecule has 1 aliphatic heterocycles. The van der Waals surface area contributed by atoms with Crippen molar-refractivity contribution in [3.8, 4) is 0 Å². The third kappa shape index (κ3) is 12.3. The Kier molecular flexibility index (Phi) is 11.9. The normalized spacial score (nSPS) is 19.7. The third-order valence-corrected chi connectivity index (χ3v) is 4.72. The molecule has 12 heteroatoms. The van der Waals surface area contributed by atoms with E-state index in [2.05, 4.69) is 0 Å².